The van der Waals surface area contributed by atoms with E-state index in [-0.39, 0.29) is 5.88 Å². The molecule has 2 aliphatic heterocycles. The van der Waals surface area contributed by atoms with Crippen LogP contribution in [-0.2, 0) is 52.3 Å². The molecule has 0 radical (unpaired) electrons. The van der Waals surface area contributed by atoms with Gasteiger partial charge >= 0.3 is 29.8 Å². The monoisotopic (exact) mass is 544 g/mol. The molecule has 17 nitrogen and oxygen atoms in total. The number of esters is 4. The van der Waals surface area contributed by atoms with E-state index in [1.165, 1.54) is 11.0 Å². The summed E-state index contributed by atoms with van der Waals surface area (Å²) < 4.78 is 42.0. The second-order valence-electron chi connectivity index (χ2n) is 8.09. The second kappa shape index (κ2) is 13.0. The fraction of sp³-hybridized carbons (Fsp3) is 0.667. The van der Waals surface area contributed by atoms with Crippen molar-refractivity contribution in [3.8, 4) is 0 Å². The average Bonchev–Trinajstić information content (AvgIpc) is 3.29. The Bertz CT molecular complexity index is 1040. The van der Waals surface area contributed by atoms with Gasteiger partial charge in [0.15, 0.2) is 30.7 Å². The first-order valence-electron chi connectivity index (χ1n) is 11.5. The highest BCUT2D eigenvalue weighted by Crippen LogP contribution is 2.30. The van der Waals surface area contributed by atoms with Gasteiger partial charge in [-0.15, -0.1) is 5.01 Å². The summed E-state index contributed by atoms with van der Waals surface area (Å²) in [6.45, 7) is 5.89. The lowest BCUT2D eigenvalue weighted by Gasteiger charge is -2.46. The number of carbonyl (C=O) groups is 4. The van der Waals surface area contributed by atoms with E-state index in [2.05, 4.69) is 10.3 Å². The molecule has 3 rings (SSSR count). The van der Waals surface area contributed by atoms with Crippen LogP contribution >= 0.6 is 0 Å². The van der Waals surface area contributed by atoms with Crippen molar-refractivity contribution in [2.45, 2.75) is 58.4 Å². The van der Waals surface area contributed by atoms with Crippen LogP contribution in [0.25, 0.3) is 0 Å². The van der Waals surface area contributed by atoms with Gasteiger partial charge in [0.25, 0.3) is 6.20 Å². The largest absolute Gasteiger partial charge is 0.569 e. The fourth-order valence-corrected chi connectivity index (χ4v) is 3.67. The summed E-state index contributed by atoms with van der Waals surface area (Å²) in [4.78, 5) is 51.9. The summed E-state index contributed by atoms with van der Waals surface area (Å²) in [5, 5.41) is 18.2. The maximum atomic E-state index is 12.6. The topological polar surface area (TPSA) is 201 Å². The molecule has 0 aromatic carbocycles. The highest BCUT2D eigenvalue weighted by atomic mass is 16.8. The minimum Gasteiger partial charge on any atom is -0.569 e. The van der Waals surface area contributed by atoms with Crippen molar-refractivity contribution in [2.24, 2.45) is 4.99 Å². The maximum Gasteiger partial charge on any atom is 0.326 e. The summed E-state index contributed by atoms with van der Waals surface area (Å²) in [6.07, 6.45) is -7.39. The third kappa shape index (κ3) is 8.01. The Morgan fingerprint density at radius 3 is 2.18 bits per heavy atom. The standard InChI is InChI=1S/C21H28N4O13/c1-11(26)32-10-15-17(33-12(2)27)18(34-13(3)28)19(35-14(4)29)20(36-15)37-21(30)22-16-9-25(23-38-16)24-5-7-31-8-6-24/h9,15,17-20H,5-8,10H2,1-4H3/t15-,17-,18+,19-,20+/m1/s1. The van der Waals surface area contributed by atoms with Crippen LogP contribution in [0.3, 0.4) is 0 Å². The molecule has 5 atom stereocenters. The molecule has 17 heteroatoms. The molecule has 1 aromatic heterocycles. The van der Waals surface area contributed by atoms with E-state index in [0.717, 1.165) is 27.7 Å². The van der Waals surface area contributed by atoms with E-state index in [1.54, 1.807) is 5.01 Å². The van der Waals surface area contributed by atoms with Gasteiger partial charge < -0.3 is 38.3 Å². The fourth-order valence-electron chi connectivity index (χ4n) is 3.67. The number of hydrogen-bond donors (Lipinski definition) is 0. The molecule has 210 valence electrons. The van der Waals surface area contributed by atoms with Crippen LogP contribution in [0.5, 0.6) is 0 Å². The van der Waals surface area contributed by atoms with Crippen LogP contribution in [0.2, 0.25) is 0 Å². The predicted octanol–water partition coefficient (Wildman–Crippen LogP) is -2.62. The first-order chi connectivity index (χ1) is 18.0. The molecule has 2 fully saturated rings. The van der Waals surface area contributed by atoms with Crippen molar-refractivity contribution in [2.75, 3.05) is 37.9 Å². The molecule has 1 aromatic rings. The molecular weight excluding hydrogens is 516 g/mol. The average molecular weight is 544 g/mol. The third-order valence-electron chi connectivity index (χ3n) is 5.09. The zero-order chi connectivity index (χ0) is 27.8. The highest BCUT2D eigenvalue weighted by molar-refractivity contribution is 5.69. The lowest BCUT2D eigenvalue weighted by atomic mass is 9.98. The lowest BCUT2D eigenvalue weighted by Crippen LogP contribution is -2.63. The molecule has 0 amide bonds. The molecule has 0 spiro atoms. The van der Waals surface area contributed by atoms with Gasteiger partial charge in [-0.25, -0.2) is 0 Å². The third-order valence-corrected chi connectivity index (χ3v) is 5.09. The van der Waals surface area contributed by atoms with Crippen molar-refractivity contribution < 1.29 is 66.8 Å². The number of aliphatic imine (C=N–C) groups is 1. The Morgan fingerprint density at radius 2 is 1.58 bits per heavy atom. The normalized spacial score (nSPS) is 25.7. The molecule has 2 saturated heterocycles. The van der Waals surface area contributed by atoms with Crippen LogP contribution < -0.4 is 14.9 Å². The number of nitrogens with zero attached hydrogens (tertiary/aromatic N) is 4. The Morgan fingerprint density at radius 1 is 0.974 bits per heavy atom. The number of morpholine rings is 1. The summed E-state index contributed by atoms with van der Waals surface area (Å²) >= 11 is 0. The predicted molar refractivity (Wildman–Crippen MR) is 116 cm³/mol. The van der Waals surface area contributed by atoms with Gasteiger partial charge in [0.05, 0.1) is 31.1 Å². The van der Waals surface area contributed by atoms with Crippen LogP contribution in [0.4, 0.5) is 5.88 Å². The van der Waals surface area contributed by atoms with Crippen LogP contribution in [0.15, 0.2) is 15.7 Å². The molecule has 0 aliphatic carbocycles. The van der Waals surface area contributed by atoms with E-state index in [9.17, 15) is 24.3 Å². The SMILES string of the molecule is CC(=O)OC[C@H]1O[C@@H](O/C([O-])=N/c2c[n+](N3CCOCC3)no2)[C@H](OC(C)=O)[C@@H](OC(C)=O)[C@@H]1OC(C)=O. The zero-order valence-corrected chi connectivity index (χ0v) is 21.1. The minimum absolute atomic E-state index is 0.216. The number of ether oxygens (including phenoxy) is 7. The Hall–Kier alpha value is -3.99. The molecule has 38 heavy (non-hydrogen) atoms. The molecule has 3 heterocycles. The van der Waals surface area contributed by atoms with Gasteiger partial charge in [0.2, 0.25) is 5.27 Å². The maximum absolute atomic E-state index is 12.6. The molecule has 2 aliphatic rings. The number of carbonyl (C=O) groups excluding carboxylic acids is 4. The smallest absolute Gasteiger partial charge is 0.326 e. The molecule has 0 saturated carbocycles. The Kier molecular flexibility index (Phi) is 9.78. The molecule has 0 bridgehead atoms. The zero-order valence-electron chi connectivity index (χ0n) is 21.1. The van der Waals surface area contributed by atoms with E-state index in [4.69, 9.17) is 37.7 Å². The molecule has 0 unspecified atom stereocenters. The van der Waals surface area contributed by atoms with E-state index >= 15 is 0 Å². The first-order valence-corrected chi connectivity index (χ1v) is 11.5. The summed E-state index contributed by atoms with van der Waals surface area (Å²) in [6, 6.07) is 0. The summed E-state index contributed by atoms with van der Waals surface area (Å²) in [7, 11) is 0. The van der Waals surface area contributed by atoms with Crippen LogP contribution in [0, 0.1) is 0 Å². The quantitative estimate of drug-likeness (QED) is 0.108. The first kappa shape index (κ1) is 28.6. The van der Waals surface area contributed by atoms with Gasteiger partial charge in [0, 0.05) is 27.7 Å². The van der Waals surface area contributed by atoms with Crippen molar-refractivity contribution >= 4 is 35.8 Å². The number of aromatic nitrogens is 2. The number of rotatable bonds is 8. The van der Waals surface area contributed by atoms with Crippen molar-refractivity contribution in [3.05, 3.63) is 6.20 Å². The van der Waals surface area contributed by atoms with Crippen molar-refractivity contribution in [1.29, 1.82) is 0 Å². The van der Waals surface area contributed by atoms with Crippen LogP contribution in [-0.4, -0.2) is 98.8 Å². The molecular formula is C21H28N4O13. The van der Waals surface area contributed by atoms with Gasteiger partial charge in [-0.05, 0) is 0 Å². The minimum atomic E-state index is -1.72. The van der Waals surface area contributed by atoms with Crippen molar-refractivity contribution in [1.82, 2.24) is 5.27 Å². The van der Waals surface area contributed by atoms with Gasteiger partial charge in [-0.1, -0.05) is 0 Å². The van der Waals surface area contributed by atoms with Gasteiger partial charge in [-0.2, -0.15) is 4.99 Å². The molecule has 0 N–H and O–H groups in total. The Labute approximate surface area is 216 Å². The second-order valence-corrected chi connectivity index (χ2v) is 8.09. The van der Waals surface area contributed by atoms with Crippen molar-refractivity contribution in [3.63, 3.8) is 0 Å². The summed E-state index contributed by atoms with van der Waals surface area (Å²) in [5.41, 5.74) is 0. The van der Waals surface area contributed by atoms with E-state index < -0.39 is 67.3 Å². The highest BCUT2D eigenvalue weighted by Gasteiger charge is 2.51. The van der Waals surface area contributed by atoms with Crippen LogP contribution in [0.1, 0.15) is 27.7 Å². The van der Waals surface area contributed by atoms with Gasteiger partial charge in [0.1, 0.15) is 12.7 Å². The van der Waals surface area contributed by atoms with Gasteiger partial charge in [-0.3, -0.25) is 23.7 Å². The Balaban J connectivity index is 1.87. The van der Waals surface area contributed by atoms with E-state index in [0.29, 0.717) is 26.3 Å². The number of hydrogen-bond acceptors (Lipinski definition) is 16. The van der Waals surface area contributed by atoms with E-state index in [1.807, 2.05) is 0 Å². The summed E-state index contributed by atoms with van der Waals surface area (Å²) in [5.74, 6) is -3.39. The lowest BCUT2D eigenvalue weighted by molar-refractivity contribution is -0.759.